The Morgan fingerprint density at radius 3 is 2.64 bits per heavy atom. The molecule has 1 saturated carbocycles. The number of fused-ring (bicyclic) bond motifs is 2. The van der Waals surface area contributed by atoms with Crippen molar-refractivity contribution in [1.29, 1.82) is 0 Å². The van der Waals surface area contributed by atoms with Gasteiger partial charge in [-0.1, -0.05) is 37.5 Å². The average molecular weight is 296 g/mol. The van der Waals surface area contributed by atoms with Gasteiger partial charge in [-0.05, 0) is 43.2 Å². The molecule has 2 aliphatic carbocycles. The molecule has 4 rings (SSSR count). The Labute approximate surface area is 130 Å². The first-order valence-electron chi connectivity index (χ1n) is 8.12. The van der Waals surface area contributed by atoms with E-state index in [-0.39, 0.29) is 23.4 Å². The summed E-state index contributed by atoms with van der Waals surface area (Å²) < 4.78 is 11.6. The summed E-state index contributed by atoms with van der Waals surface area (Å²) in [5.41, 5.74) is -0.320. The first-order chi connectivity index (χ1) is 10.8. The van der Waals surface area contributed by atoms with E-state index in [9.17, 15) is 4.79 Å². The van der Waals surface area contributed by atoms with Gasteiger partial charge in [-0.2, -0.15) is 0 Å². The van der Waals surface area contributed by atoms with Crippen molar-refractivity contribution in [2.24, 2.45) is 11.3 Å². The Morgan fingerprint density at radius 1 is 1.09 bits per heavy atom. The zero-order valence-corrected chi connectivity index (χ0v) is 12.5. The third-order valence-corrected chi connectivity index (χ3v) is 5.16. The standard InChI is InChI=1S/C19H20O3/c20-18-19(11-5-2-6-12-19)16-13-15(9-10-17(16)22-18)21-14-7-3-1-4-8-14/h1,3-4,7-10,13,16-17H,2,5-6,11-12H2/t16-,17+/m1/s1. The van der Waals surface area contributed by atoms with E-state index in [1.165, 1.54) is 6.42 Å². The second-order valence-electron chi connectivity index (χ2n) is 6.46. The molecule has 0 radical (unpaired) electrons. The number of hydrogen-bond acceptors (Lipinski definition) is 3. The topological polar surface area (TPSA) is 35.5 Å². The number of carbonyl (C=O) groups is 1. The van der Waals surface area contributed by atoms with Gasteiger partial charge in [-0.3, -0.25) is 4.79 Å². The van der Waals surface area contributed by atoms with Crippen molar-refractivity contribution >= 4 is 5.97 Å². The highest BCUT2D eigenvalue weighted by Crippen LogP contribution is 2.52. The van der Waals surface area contributed by atoms with Gasteiger partial charge in [0, 0.05) is 5.92 Å². The van der Waals surface area contributed by atoms with Crippen LogP contribution in [0.4, 0.5) is 0 Å². The first kappa shape index (κ1) is 13.6. The molecule has 2 fully saturated rings. The van der Waals surface area contributed by atoms with Crippen LogP contribution in [0.15, 0.2) is 54.3 Å². The van der Waals surface area contributed by atoms with Crippen LogP contribution in [0, 0.1) is 11.3 Å². The summed E-state index contributed by atoms with van der Waals surface area (Å²) in [5, 5.41) is 0. The first-order valence-corrected chi connectivity index (χ1v) is 8.12. The SMILES string of the molecule is O=C1O[C@H]2C=CC(Oc3ccccc3)=C[C@H]2C12CCCCC2. The van der Waals surface area contributed by atoms with Gasteiger partial charge in [-0.15, -0.1) is 0 Å². The van der Waals surface area contributed by atoms with Crippen LogP contribution in [0.2, 0.25) is 0 Å². The monoisotopic (exact) mass is 296 g/mol. The summed E-state index contributed by atoms with van der Waals surface area (Å²) in [6.45, 7) is 0. The lowest BCUT2D eigenvalue weighted by atomic mass is 9.65. The molecule has 0 N–H and O–H groups in total. The normalized spacial score (nSPS) is 28.9. The molecule has 0 unspecified atom stereocenters. The van der Waals surface area contributed by atoms with E-state index in [2.05, 4.69) is 6.08 Å². The summed E-state index contributed by atoms with van der Waals surface area (Å²) >= 11 is 0. The number of esters is 1. The van der Waals surface area contributed by atoms with Gasteiger partial charge >= 0.3 is 5.97 Å². The van der Waals surface area contributed by atoms with Crippen LogP contribution in [0.1, 0.15) is 32.1 Å². The molecule has 3 aliphatic rings. The highest BCUT2D eigenvalue weighted by atomic mass is 16.6. The molecule has 0 amide bonds. The van der Waals surface area contributed by atoms with Gasteiger partial charge in [0.25, 0.3) is 0 Å². The van der Waals surface area contributed by atoms with Crippen molar-refractivity contribution in [3.05, 3.63) is 54.3 Å². The molecule has 3 nitrogen and oxygen atoms in total. The van der Waals surface area contributed by atoms with Crippen molar-refractivity contribution in [3.63, 3.8) is 0 Å². The highest BCUT2D eigenvalue weighted by molar-refractivity contribution is 5.81. The largest absolute Gasteiger partial charge is 0.458 e. The Bertz CT molecular complexity index is 623. The minimum Gasteiger partial charge on any atom is -0.458 e. The average Bonchev–Trinajstić information content (AvgIpc) is 2.82. The fourth-order valence-corrected chi connectivity index (χ4v) is 4.01. The van der Waals surface area contributed by atoms with Crippen molar-refractivity contribution in [2.75, 3.05) is 0 Å². The van der Waals surface area contributed by atoms with Crippen molar-refractivity contribution < 1.29 is 14.3 Å². The fraction of sp³-hybridized carbons (Fsp3) is 0.421. The van der Waals surface area contributed by atoms with Gasteiger partial charge < -0.3 is 9.47 Å². The predicted molar refractivity (Wildman–Crippen MR) is 83.2 cm³/mol. The van der Waals surface area contributed by atoms with Gasteiger partial charge in [0.05, 0.1) is 5.41 Å². The van der Waals surface area contributed by atoms with Crippen LogP contribution in [0.3, 0.4) is 0 Å². The number of benzene rings is 1. The fourth-order valence-electron chi connectivity index (χ4n) is 4.01. The Balaban J connectivity index is 1.61. The van der Waals surface area contributed by atoms with Crippen LogP contribution >= 0.6 is 0 Å². The highest BCUT2D eigenvalue weighted by Gasteiger charge is 2.56. The quantitative estimate of drug-likeness (QED) is 0.773. The lowest BCUT2D eigenvalue weighted by Gasteiger charge is -2.34. The summed E-state index contributed by atoms with van der Waals surface area (Å²) in [7, 11) is 0. The molecule has 1 saturated heterocycles. The van der Waals surface area contributed by atoms with E-state index in [4.69, 9.17) is 9.47 Å². The molecular weight excluding hydrogens is 276 g/mol. The van der Waals surface area contributed by atoms with Gasteiger partial charge in [0.1, 0.15) is 17.6 Å². The Hall–Kier alpha value is -2.03. The van der Waals surface area contributed by atoms with Gasteiger partial charge in [-0.25, -0.2) is 0 Å². The maximum Gasteiger partial charge on any atom is 0.313 e. The smallest absolute Gasteiger partial charge is 0.313 e. The zero-order chi connectivity index (χ0) is 15.0. The molecule has 2 atom stereocenters. The predicted octanol–water partition coefficient (Wildman–Crippen LogP) is 4.01. The Morgan fingerprint density at radius 2 is 1.86 bits per heavy atom. The van der Waals surface area contributed by atoms with Crippen LogP contribution in [-0.4, -0.2) is 12.1 Å². The van der Waals surface area contributed by atoms with Crippen molar-refractivity contribution in [2.45, 2.75) is 38.2 Å². The number of hydrogen-bond donors (Lipinski definition) is 0. The summed E-state index contributed by atoms with van der Waals surface area (Å²) in [6, 6.07) is 9.75. The lowest BCUT2D eigenvalue weighted by Crippen LogP contribution is -2.36. The molecule has 0 aromatic heterocycles. The van der Waals surface area contributed by atoms with Crippen LogP contribution in [-0.2, 0) is 9.53 Å². The molecule has 1 aliphatic heterocycles. The number of ether oxygens (including phenoxy) is 2. The van der Waals surface area contributed by atoms with Crippen molar-refractivity contribution in [3.8, 4) is 5.75 Å². The van der Waals surface area contributed by atoms with E-state index in [1.807, 2.05) is 42.5 Å². The molecule has 1 aromatic rings. The van der Waals surface area contributed by atoms with Gasteiger partial charge in [0.15, 0.2) is 0 Å². The molecular formula is C19H20O3. The third kappa shape index (κ3) is 2.16. The van der Waals surface area contributed by atoms with Crippen molar-refractivity contribution in [1.82, 2.24) is 0 Å². The molecule has 3 heteroatoms. The van der Waals surface area contributed by atoms with E-state index in [1.54, 1.807) is 0 Å². The maximum absolute atomic E-state index is 12.5. The molecule has 1 heterocycles. The van der Waals surface area contributed by atoms with Crippen LogP contribution in [0.25, 0.3) is 0 Å². The summed E-state index contributed by atoms with van der Waals surface area (Å²) in [6.07, 6.45) is 11.2. The van der Waals surface area contributed by atoms with Crippen LogP contribution < -0.4 is 4.74 Å². The van der Waals surface area contributed by atoms with Gasteiger partial charge in [0.2, 0.25) is 0 Å². The maximum atomic E-state index is 12.5. The molecule has 114 valence electrons. The second kappa shape index (κ2) is 5.31. The second-order valence-corrected chi connectivity index (χ2v) is 6.46. The minimum absolute atomic E-state index is 0.0101. The number of rotatable bonds is 2. The molecule has 1 spiro atoms. The lowest BCUT2D eigenvalue weighted by molar-refractivity contribution is -0.149. The molecule has 0 bridgehead atoms. The number of para-hydroxylation sites is 1. The molecule has 22 heavy (non-hydrogen) atoms. The van der Waals surface area contributed by atoms with E-state index in [0.29, 0.717) is 0 Å². The van der Waals surface area contributed by atoms with E-state index < -0.39 is 0 Å². The van der Waals surface area contributed by atoms with E-state index in [0.717, 1.165) is 37.2 Å². The third-order valence-electron chi connectivity index (χ3n) is 5.16. The molecule has 1 aromatic carbocycles. The zero-order valence-electron chi connectivity index (χ0n) is 12.5. The summed E-state index contributed by atoms with van der Waals surface area (Å²) in [4.78, 5) is 12.5. The Kier molecular flexibility index (Phi) is 3.29. The number of allylic oxidation sites excluding steroid dienone is 1. The minimum atomic E-state index is -0.320. The van der Waals surface area contributed by atoms with Crippen LogP contribution in [0.5, 0.6) is 5.75 Å². The van der Waals surface area contributed by atoms with E-state index >= 15 is 0 Å². The summed E-state index contributed by atoms with van der Waals surface area (Å²) in [5.74, 6) is 1.74. The number of carbonyl (C=O) groups excluding carboxylic acids is 1.